The van der Waals surface area contributed by atoms with Gasteiger partial charge in [-0.05, 0) is 64.4 Å². The highest BCUT2D eigenvalue weighted by Gasteiger charge is 2.29. The van der Waals surface area contributed by atoms with Crippen molar-refractivity contribution in [2.24, 2.45) is 0 Å². The second kappa shape index (κ2) is 8.74. The summed E-state index contributed by atoms with van der Waals surface area (Å²) in [6, 6.07) is 44.9. The Hall–Kier alpha value is -6.50. The third-order valence-electron chi connectivity index (χ3n) is 10.8. The highest BCUT2D eigenvalue weighted by atomic mass is 32.1. The zero-order valence-corrected chi connectivity index (χ0v) is 27.0. The summed E-state index contributed by atoms with van der Waals surface area (Å²) in [4.78, 5) is 12.1. The summed E-state index contributed by atoms with van der Waals surface area (Å²) in [5.74, 6) is 0.798. The van der Waals surface area contributed by atoms with Crippen LogP contribution in [0, 0.1) is 0 Å². The first-order valence-corrected chi connectivity index (χ1v) is 17.6. The molecule has 0 amide bonds. The molecule has 0 atom stereocenters. The molecule has 0 bridgehead atoms. The van der Waals surface area contributed by atoms with E-state index in [1.165, 1.54) is 37.4 Å². The van der Waals surface area contributed by atoms with Crippen LogP contribution in [0.4, 0.5) is 0 Å². The van der Waals surface area contributed by atoms with E-state index in [4.69, 9.17) is 18.8 Å². The molecule has 50 heavy (non-hydrogen) atoms. The fourth-order valence-electron chi connectivity index (χ4n) is 8.77. The normalized spacial score (nSPS) is 12.8. The van der Waals surface area contributed by atoms with Crippen LogP contribution in [-0.2, 0) is 0 Å². The van der Waals surface area contributed by atoms with Gasteiger partial charge >= 0.3 is 0 Å². The van der Waals surface area contributed by atoms with E-state index >= 15 is 0 Å². The van der Waals surface area contributed by atoms with Crippen molar-refractivity contribution in [3.63, 3.8) is 0 Å². The summed E-state index contributed by atoms with van der Waals surface area (Å²) < 4.78 is 16.5. The molecule has 5 aromatic heterocycles. The minimum absolute atomic E-state index is 0.798. The second-order valence-electron chi connectivity index (χ2n) is 13.2. The zero-order valence-electron chi connectivity index (χ0n) is 26.2. The maximum absolute atomic E-state index is 6.55. The van der Waals surface area contributed by atoms with E-state index in [2.05, 4.69) is 114 Å². The molecule has 7 aromatic carbocycles. The molecule has 5 nitrogen and oxygen atoms in total. The fraction of sp³-hybridized carbons (Fsp3) is 0. The molecular weight excluding hydrogens is 635 g/mol. The van der Waals surface area contributed by atoms with Crippen LogP contribution in [0.25, 0.3) is 125 Å². The first-order valence-electron chi connectivity index (χ1n) is 16.7. The fourth-order valence-corrected chi connectivity index (χ4v) is 9.79. The van der Waals surface area contributed by atoms with E-state index in [1.54, 1.807) is 11.3 Å². The molecule has 0 N–H and O–H groups in total. The SMILES string of the molecule is c1cc2c3c(c1)ccc1c3c3c4c(ccc3n1-c1nc3sc5ccccc5c3nc1-c1cccc3oc5ccccc5c13)oc1cccc-2c14. The van der Waals surface area contributed by atoms with Crippen LogP contribution in [0.3, 0.4) is 0 Å². The van der Waals surface area contributed by atoms with Crippen LogP contribution in [-0.4, -0.2) is 14.5 Å². The lowest BCUT2D eigenvalue weighted by atomic mass is 9.95. The van der Waals surface area contributed by atoms with E-state index in [9.17, 15) is 0 Å². The van der Waals surface area contributed by atoms with Crippen molar-refractivity contribution >= 4 is 108 Å². The van der Waals surface area contributed by atoms with Gasteiger partial charge in [-0.2, -0.15) is 0 Å². The Bertz CT molecular complexity index is 3510. The van der Waals surface area contributed by atoms with Crippen LogP contribution in [0.2, 0.25) is 0 Å². The Balaban J connectivity index is 1.28. The summed E-state index contributed by atoms with van der Waals surface area (Å²) in [6.07, 6.45) is 0. The topological polar surface area (TPSA) is 57.0 Å². The highest BCUT2D eigenvalue weighted by Crippen LogP contribution is 2.51. The lowest BCUT2D eigenvalue weighted by Crippen LogP contribution is -2.03. The van der Waals surface area contributed by atoms with Gasteiger partial charge in [0.1, 0.15) is 38.4 Å². The highest BCUT2D eigenvalue weighted by molar-refractivity contribution is 7.25. The summed E-state index contributed by atoms with van der Waals surface area (Å²) in [7, 11) is 0. The van der Waals surface area contributed by atoms with Crippen LogP contribution in [0.1, 0.15) is 0 Å². The van der Waals surface area contributed by atoms with E-state index in [-0.39, 0.29) is 0 Å². The molecule has 0 saturated carbocycles. The number of para-hydroxylation sites is 1. The van der Waals surface area contributed by atoms with Gasteiger partial charge in [0.05, 0.1) is 11.0 Å². The van der Waals surface area contributed by atoms with Crippen LogP contribution in [0.15, 0.2) is 136 Å². The van der Waals surface area contributed by atoms with Crippen molar-refractivity contribution in [2.75, 3.05) is 0 Å². The summed E-state index contributed by atoms with van der Waals surface area (Å²) in [6.45, 7) is 0. The Morgan fingerprint density at radius 2 is 1.12 bits per heavy atom. The molecule has 13 rings (SSSR count). The van der Waals surface area contributed by atoms with Gasteiger partial charge in [0.15, 0.2) is 5.82 Å². The predicted molar refractivity (Wildman–Crippen MR) is 206 cm³/mol. The average Bonchev–Trinajstić information content (AvgIpc) is 3.90. The van der Waals surface area contributed by atoms with E-state index in [0.717, 1.165) is 87.7 Å². The number of nitrogens with zero attached hydrogens (tertiary/aromatic N) is 3. The second-order valence-corrected chi connectivity index (χ2v) is 14.3. The predicted octanol–water partition coefficient (Wildman–Crippen LogP) is 12.5. The first kappa shape index (κ1) is 25.5. The smallest absolute Gasteiger partial charge is 0.166 e. The quantitative estimate of drug-likeness (QED) is 0.186. The van der Waals surface area contributed by atoms with Gasteiger partial charge < -0.3 is 8.83 Å². The maximum atomic E-state index is 6.55. The first-order chi connectivity index (χ1) is 24.8. The molecule has 5 heterocycles. The molecule has 0 aliphatic heterocycles. The molecular formula is C44H21N3O2S. The maximum Gasteiger partial charge on any atom is 0.166 e. The van der Waals surface area contributed by atoms with Gasteiger partial charge in [0, 0.05) is 48.0 Å². The van der Waals surface area contributed by atoms with Crippen molar-refractivity contribution < 1.29 is 8.83 Å². The van der Waals surface area contributed by atoms with Crippen LogP contribution < -0.4 is 0 Å². The third kappa shape index (κ3) is 2.97. The Morgan fingerprint density at radius 3 is 2.02 bits per heavy atom. The molecule has 0 saturated heterocycles. The van der Waals surface area contributed by atoms with Gasteiger partial charge in [-0.25, -0.2) is 9.97 Å². The van der Waals surface area contributed by atoms with Crippen molar-refractivity contribution in [1.82, 2.24) is 14.5 Å². The molecule has 6 heteroatoms. The largest absolute Gasteiger partial charge is 0.456 e. The molecule has 0 fully saturated rings. The molecule has 0 spiro atoms. The Morgan fingerprint density at radius 1 is 0.460 bits per heavy atom. The van der Waals surface area contributed by atoms with E-state index in [1.807, 2.05) is 18.2 Å². The van der Waals surface area contributed by atoms with Crippen molar-refractivity contribution in [3.8, 4) is 28.2 Å². The molecule has 1 aliphatic rings. The molecule has 12 aromatic rings. The molecule has 0 radical (unpaired) electrons. The third-order valence-corrected chi connectivity index (χ3v) is 11.8. The van der Waals surface area contributed by atoms with Gasteiger partial charge in [0.2, 0.25) is 0 Å². The van der Waals surface area contributed by atoms with Gasteiger partial charge in [-0.15, -0.1) is 11.3 Å². The Labute approximate surface area is 286 Å². The number of benzene rings is 7. The lowest BCUT2D eigenvalue weighted by Gasteiger charge is -2.14. The van der Waals surface area contributed by atoms with Crippen molar-refractivity contribution in [3.05, 3.63) is 127 Å². The van der Waals surface area contributed by atoms with Crippen LogP contribution in [0.5, 0.6) is 0 Å². The standard InChI is InChI=1S/C44H21N3O2S/c1-3-14-30-25(9-1)36-27(13-7-15-31(36)48-30)41-43(46-44-42(45-41)26-10-2-4-17-34(26)50-44)47-28-19-18-22-8-5-11-23-24-12-6-16-32-37(24)40-33(49-32)21-20-29(47)39(40)38(28)35(22)23/h1-21H. The average molecular weight is 656 g/mol. The Kier molecular flexibility index (Phi) is 4.46. The number of hydrogen-bond donors (Lipinski definition) is 0. The zero-order chi connectivity index (χ0) is 32.2. The number of aromatic nitrogens is 3. The summed E-state index contributed by atoms with van der Waals surface area (Å²) in [5.41, 5.74) is 10.8. The number of furan rings is 2. The van der Waals surface area contributed by atoms with Gasteiger partial charge in [-0.3, -0.25) is 4.57 Å². The van der Waals surface area contributed by atoms with Gasteiger partial charge in [-0.1, -0.05) is 84.9 Å². The lowest BCUT2D eigenvalue weighted by molar-refractivity contribution is 0.668. The summed E-state index contributed by atoms with van der Waals surface area (Å²) in [5, 5.41) is 10.4. The van der Waals surface area contributed by atoms with E-state index in [0.29, 0.717) is 0 Å². The summed E-state index contributed by atoms with van der Waals surface area (Å²) >= 11 is 1.69. The molecule has 0 unspecified atom stereocenters. The van der Waals surface area contributed by atoms with Crippen LogP contribution >= 0.6 is 11.3 Å². The van der Waals surface area contributed by atoms with Gasteiger partial charge in [0.25, 0.3) is 0 Å². The number of rotatable bonds is 2. The minimum atomic E-state index is 0.798. The van der Waals surface area contributed by atoms with Crippen molar-refractivity contribution in [2.45, 2.75) is 0 Å². The number of thiophene rings is 1. The molecule has 230 valence electrons. The number of fused-ring (bicyclic) bond motifs is 7. The van der Waals surface area contributed by atoms with Crippen molar-refractivity contribution in [1.29, 1.82) is 0 Å². The molecule has 1 aliphatic carbocycles. The monoisotopic (exact) mass is 655 g/mol. The number of hydrogen-bond acceptors (Lipinski definition) is 5. The van der Waals surface area contributed by atoms with E-state index < -0.39 is 0 Å². The minimum Gasteiger partial charge on any atom is -0.456 e.